The van der Waals surface area contributed by atoms with Crippen LogP contribution in [-0.2, 0) is 14.4 Å². The van der Waals surface area contributed by atoms with Gasteiger partial charge in [-0.1, -0.05) is 6.92 Å². The van der Waals surface area contributed by atoms with Gasteiger partial charge >= 0.3 is 0 Å². The maximum absolute atomic E-state index is 11.4. The second-order valence-corrected chi connectivity index (χ2v) is 4.71. The molecule has 18 heavy (non-hydrogen) atoms. The van der Waals surface area contributed by atoms with Crippen molar-refractivity contribution in [2.24, 2.45) is 11.5 Å². The predicted molar refractivity (Wildman–Crippen MR) is 73.9 cm³/mol. The lowest BCUT2D eigenvalue weighted by molar-refractivity contribution is -0.137. The Labute approximate surface area is 112 Å². The van der Waals surface area contributed by atoms with Crippen molar-refractivity contribution in [1.82, 2.24) is 4.90 Å². The minimum atomic E-state index is -0.333. The van der Waals surface area contributed by atoms with Gasteiger partial charge in [0, 0.05) is 19.9 Å². The molecule has 3 amide bonds. The third-order valence-corrected chi connectivity index (χ3v) is 2.99. The summed E-state index contributed by atoms with van der Waals surface area (Å²) in [5.41, 5.74) is 8.97. The first-order valence-electron chi connectivity index (χ1n) is 5.73. The number of nitrogens with two attached hydrogens (primary N) is 2. The van der Waals surface area contributed by atoms with Crippen LogP contribution in [0.3, 0.4) is 0 Å². The van der Waals surface area contributed by atoms with Gasteiger partial charge in [-0.15, -0.1) is 11.8 Å². The highest BCUT2D eigenvalue weighted by Crippen LogP contribution is 2.24. The van der Waals surface area contributed by atoms with Crippen LogP contribution in [0.2, 0.25) is 0 Å². The zero-order chi connectivity index (χ0) is 14.7. The van der Waals surface area contributed by atoms with E-state index in [1.807, 2.05) is 13.8 Å². The number of amides is 3. The van der Waals surface area contributed by atoms with Gasteiger partial charge in [0.1, 0.15) is 0 Å². The number of hydrogen-bond donors (Lipinski definition) is 2. The third-order valence-electron chi connectivity index (χ3n) is 1.89. The Bertz CT molecular complexity index is 281. The Kier molecular flexibility index (Phi) is 11.8. The Morgan fingerprint density at radius 2 is 1.83 bits per heavy atom. The number of thioether (sulfide) groups is 1. The zero-order valence-corrected chi connectivity index (χ0v) is 12.3. The smallest absolute Gasteiger partial charge is 0.242 e. The number of carbonyl (C=O) groups excluding carboxylic acids is 3. The largest absolute Gasteiger partial charge is 0.370 e. The van der Waals surface area contributed by atoms with E-state index in [1.54, 1.807) is 11.8 Å². The number of nitrogens with zero attached hydrogens (tertiary/aromatic N) is 1. The van der Waals surface area contributed by atoms with Crippen molar-refractivity contribution in [3.8, 4) is 0 Å². The highest BCUT2D eigenvalue weighted by atomic mass is 32.2. The molecule has 1 aliphatic heterocycles. The molecule has 1 fully saturated rings. The maximum Gasteiger partial charge on any atom is 0.242 e. The topological polar surface area (TPSA) is 106 Å². The minimum Gasteiger partial charge on any atom is -0.370 e. The summed E-state index contributed by atoms with van der Waals surface area (Å²) in [6.45, 7) is 5.64. The van der Waals surface area contributed by atoms with Crippen LogP contribution in [0.4, 0.5) is 0 Å². The fourth-order valence-electron chi connectivity index (χ4n) is 1.32. The Morgan fingerprint density at radius 3 is 2.11 bits per heavy atom. The number of carbonyl (C=O) groups is 3. The fraction of sp³-hybridized carbons (Fsp3) is 0.727. The minimum absolute atomic E-state index is 0.00523. The van der Waals surface area contributed by atoms with Crippen molar-refractivity contribution in [2.75, 3.05) is 19.3 Å². The van der Waals surface area contributed by atoms with Crippen LogP contribution < -0.4 is 11.5 Å². The average molecular weight is 277 g/mol. The summed E-state index contributed by atoms with van der Waals surface area (Å²) in [5, 5.41) is -0.109. The van der Waals surface area contributed by atoms with E-state index in [2.05, 4.69) is 11.5 Å². The molecular formula is C11H23N3O3S. The molecule has 0 aliphatic carbocycles. The standard InChI is InChI=1S/C8H13NO2S.C2H5NO.CH5N/c1-3-9-7(10)5-6(8(9)11)12-4-2;1-2(3)4;1-2/h6H,3-5H2,1-2H3;1H3,(H2,3,4);2H2,1H3. The van der Waals surface area contributed by atoms with E-state index in [0.29, 0.717) is 13.0 Å². The number of likely N-dealkylation sites (tertiary alicyclic amines) is 1. The number of primary amides is 1. The van der Waals surface area contributed by atoms with Crippen molar-refractivity contribution in [3.63, 3.8) is 0 Å². The van der Waals surface area contributed by atoms with Gasteiger partial charge in [0.15, 0.2) is 0 Å². The molecule has 0 saturated carbocycles. The monoisotopic (exact) mass is 277 g/mol. The van der Waals surface area contributed by atoms with Gasteiger partial charge in [0.25, 0.3) is 0 Å². The molecule has 0 aromatic rings. The molecule has 0 bridgehead atoms. The second-order valence-electron chi connectivity index (χ2n) is 3.23. The molecule has 6 nitrogen and oxygen atoms in total. The van der Waals surface area contributed by atoms with Gasteiger partial charge in [-0.3, -0.25) is 19.3 Å². The Morgan fingerprint density at radius 1 is 1.39 bits per heavy atom. The predicted octanol–water partition coefficient (Wildman–Crippen LogP) is -0.0466. The van der Waals surface area contributed by atoms with Gasteiger partial charge in [-0.25, -0.2) is 0 Å². The molecule has 1 atom stereocenters. The summed E-state index contributed by atoms with van der Waals surface area (Å²) in [4.78, 5) is 33.2. The lowest BCUT2D eigenvalue weighted by Gasteiger charge is -2.10. The number of rotatable bonds is 3. The molecule has 1 unspecified atom stereocenters. The summed E-state index contributed by atoms with van der Waals surface area (Å²) >= 11 is 1.56. The van der Waals surface area contributed by atoms with Gasteiger partial charge < -0.3 is 11.5 Å². The fourth-order valence-corrected chi connectivity index (χ4v) is 2.25. The molecule has 106 valence electrons. The van der Waals surface area contributed by atoms with Crippen molar-refractivity contribution < 1.29 is 14.4 Å². The van der Waals surface area contributed by atoms with Gasteiger partial charge in [-0.2, -0.15) is 0 Å². The van der Waals surface area contributed by atoms with Crippen molar-refractivity contribution in [1.29, 1.82) is 0 Å². The SMILES string of the molecule is CC(N)=O.CCSC1CC(=O)N(CC)C1=O.CN. The molecular weight excluding hydrogens is 254 g/mol. The van der Waals surface area contributed by atoms with E-state index in [-0.39, 0.29) is 23.0 Å². The highest BCUT2D eigenvalue weighted by Gasteiger charge is 2.37. The highest BCUT2D eigenvalue weighted by molar-refractivity contribution is 8.00. The number of imide groups is 1. The van der Waals surface area contributed by atoms with Crippen molar-refractivity contribution in [3.05, 3.63) is 0 Å². The lowest BCUT2D eigenvalue weighted by atomic mass is 10.4. The molecule has 0 aromatic heterocycles. The Hall–Kier alpha value is -1.08. The quantitative estimate of drug-likeness (QED) is 0.704. The normalized spacial score (nSPS) is 17.6. The van der Waals surface area contributed by atoms with E-state index < -0.39 is 0 Å². The summed E-state index contributed by atoms with van der Waals surface area (Å²) in [5.74, 6) is 0.532. The first-order valence-corrected chi connectivity index (χ1v) is 6.78. The molecule has 0 spiro atoms. The third kappa shape index (κ3) is 7.29. The molecule has 1 rings (SSSR count). The van der Waals surface area contributed by atoms with Gasteiger partial charge in [-0.05, 0) is 19.7 Å². The van der Waals surface area contributed by atoms with Crippen molar-refractivity contribution in [2.45, 2.75) is 32.4 Å². The Balaban J connectivity index is 0. The summed E-state index contributed by atoms with van der Waals surface area (Å²) in [7, 11) is 1.50. The summed E-state index contributed by atoms with van der Waals surface area (Å²) < 4.78 is 0. The van der Waals surface area contributed by atoms with E-state index in [0.717, 1.165) is 5.75 Å². The molecule has 7 heteroatoms. The lowest BCUT2D eigenvalue weighted by Crippen LogP contribution is -2.30. The number of hydrogen-bond acceptors (Lipinski definition) is 5. The van der Waals surface area contributed by atoms with Gasteiger partial charge in [0.2, 0.25) is 17.7 Å². The molecule has 1 saturated heterocycles. The van der Waals surface area contributed by atoms with Crippen molar-refractivity contribution >= 4 is 29.5 Å². The average Bonchev–Trinajstić information content (AvgIpc) is 2.56. The first-order chi connectivity index (χ1) is 8.43. The molecule has 0 aromatic carbocycles. The summed E-state index contributed by atoms with van der Waals surface area (Å²) in [6, 6.07) is 0. The van der Waals surface area contributed by atoms with Crippen LogP contribution in [0.25, 0.3) is 0 Å². The first kappa shape index (κ1) is 19.3. The van der Waals surface area contributed by atoms with Crippen LogP contribution in [0.1, 0.15) is 27.2 Å². The van der Waals surface area contributed by atoms with Gasteiger partial charge in [0.05, 0.1) is 5.25 Å². The van der Waals surface area contributed by atoms with Crippen LogP contribution in [0.15, 0.2) is 0 Å². The molecule has 1 aliphatic rings. The zero-order valence-electron chi connectivity index (χ0n) is 11.4. The molecule has 1 heterocycles. The second kappa shape index (κ2) is 11.0. The van der Waals surface area contributed by atoms with E-state index in [9.17, 15) is 14.4 Å². The van der Waals surface area contributed by atoms with Crippen LogP contribution in [0.5, 0.6) is 0 Å². The molecule has 0 radical (unpaired) electrons. The molecule has 4 N–H and O–H groups in total. The van der Waals surface area contributed by atoms with Crippen LogP contribution in [0, 0.1) is 0 Å². The van der Waals surface area contributed by atoms with Crippen LogP contribution >= 0.6 is 11.8 Å². The van der Waals surface area contributed by atoms with E-state index in [1.165, 1.54) is 18.9 Å². The summed E-state index contributed by atoms with van der Waals surface area (Å²) in [6.07, 6.45) is 0.394. The van der Waals surface area contributed by atoms with E-state index >= 15 is 0 Å². The maximum atomic E-state index is 11.4. The van der Waals surface area contributed by atoms with Crippen LogP contribution in [-0.4, -0.2) is 47.2 Å². The van der Waals surface area contributed by atoms with E-state index in [4.69, 9.17) is 0 Å².